The minimum atomic E-state index is -0.718. The van der Waals surface area contributed by atoms with Crippen molar-refractivity contribution >= 4 is 35.0 Å². The maximum Gasteiger partial charge on any atom is 0.305 e. The van der Waals surface area contributed by atoms with Crippen LogP contribution >= 0.6 is 0 Å². The molecular formula is C35H45FN4O7. The second-order valence-corrected chi connectivity index (χ2v) is 12.6. The highest BCUT2D eigenvalue weighted by Crippen LogP contribution is 2.42. The second-order valence-electron chi connectivity index (χ2n) is 12.6. The largest absolute Gasteiger partial charge is 0.491 e. The zero-order valence-corrected chi connectivity index (χ0v) is 28.1. The van der Waals surface area contributed by atoms with Crippen LogP contribution in [0.15, 0.2) is 18.2 Å². The average Bonchev–Trinajstić information content (AvgIpc) is 3.34. The van der Waals surface area contributed by atoms with Gasteiger partial charge in [0.25, 0.3) is 5.91 Å². The van der Waals surface area contributed by atoms with Crippen LogP contribution < -0.4 is 19.7 Å². The van der Waals surface area contributed by atoms with E-state index in [9.17, 15) is 19.2 Å². The zero-order chi connectivity index (χ0) is 34.5. The third-order valence-electron chi connectivity index (χ3n) is 8.28. The van der Waals surface area contributed by atoms with Crippen LogP contribution in [0.1, 0.15) is 97.7 Å². The number of nitrogens with one attached hydrogen (secondary N) is 2. The first-order valence-corrected chi connectivity index (χ1v) is 16.1. The summed E-state index contributed by atoms with van der Waals surface area (Å²) in [7, 11) is 1.43. The van der Waals surface area contributed by atoms with Crippen molar-refractivity contribution in [2.75, 3.05) is 51.4 Å². The summed E-state index contributed by atoms with van der Waals surface area (Å²) in [6, 6.07) is 5.00. The van der Waals surface area contributed by atoms with Crippen molar-refractivity contribution < 1.29 is 37.8 Å². The maximum atomic E-state index is 15.7. The third-order valence-corrected chi connectivity index (χ3v) is 8.28. The van der Waals surface area contributed by atoms with Gasteiger partial charge in [0, 0.05) is 68.2 Å². The van der Waals surface area contributed by atoms with E-state index in [1.807, 2.05) is 25.7 Å². The van der Waals surface area contributed by atoms with Crippen molar-refractivity contribution in [3.05, 3.63) is 51.8 Å². The Kier molecular flexibility index (Phi) is 11.3. The fourth-order valence-corrected chi connectivity index (χ4v) is 5.80. The van der Waals surface area contributed by atoms with Gasteiger partial charge < -0.3 is 29.3 Å². The SMILES string of the molecule is CCOC(=O)CCCOc1c(N2CCC(=O)CC2)cc(C(=O)CN2Cc3c(cc(C(=O)NC)c(OCC)c3F)C2=N)cc1C(C)(C)C. The van der Waals surface area contributed by atoms with Gasteiger partial charge in [-0.2, -0.15) is 0 Å². The number of hydrogen-bond acceptors (Lipinski definition) is 9. The lowest BCUT2D eigenvalue weighted by molar-refractivity contribution is -0.143. The van der Waals surface area contributed by atoms with Crippen LogP contribution in [-0.2, 0) is 26.3 Å². The van der Waals surface area contributed by atoms with E-state index in [1.165, 1.54) is 18.0 Å². The van der Waals surface area contributed by atoms with Gasteiger partial charge in [0.15, 0.2) is 17.3 Å². The van der Waals surface area contributed by atoms with Gasteiger partial charge in [0.1, 0.15) is 17.4 Å². The number of amidine groups is 1. The summed E-state index contributed by atoms with van der Waals surface area (Å²) in [5.41, 5.74) is 1.84. The molecule has 1 amide bonds. The topological polar surface area (TPSA) is 138 Å². The van der Waals surface area contributed by atoms with Gasteiger partial charge >= 0.3 is 5.97 Å². The van der Waals surface area contributed by atoms with E-state index in [0.717, 1.165) is 5.56 Å². The number of benzene rings is 2. The highest BCUT2D eigenvalue weighted by Gasteiger charge is 2.34. The molecule has 0 aromatic heterocycles. The summed E-state index contributed by atoms with van der Waals surface area (Å²) < 4.78 is 32.5. The molecule has 0 bridgehead atoms. The van der Waals surface area contributed by atoms with Crippen molar-refractivity contribution in [1.82, 2.24) is 10.2 Å². The van der Waals surface area contributed by atoms with E-state index < -0.39 is 17.1 Å². The molecule has 0 spiro atoms. The number of esters is 1. The Bertz CT molecular complexity index is 1560. The molecule has 47 heavy (non-hydrogen) atoms. The van der Waals surface area contributed by atoms with E-state index in [0.29, 0.717) is 56.0 Å². The molecule has 2 N–H and O–H groups in total. The number of nitrogens with zero attached hydrogens (tertiary/aromatic N) is 2. The summed E-state index contributed by atoms with van der Waals surface area (Å²) >= 11 is 0. The normalized spacial score (nSPS) is 14.6. The van der Waals surface area contributed by atoms with Gasteiger partial charge in [-0.25, -0.2) is 4.39 Å². The van der Waals surface area contributed by atoms with Gasteiger partial charge in [-0.15, -0.1) is 0 Å². The number of ether oxygens (including phenoxy) is 3. The third kappa shape index (κ3) is 7.91. The molecule has 0 atom stereocenters. The monoisotopic (exact) mass is 652 g/mol. The lowest BCUT2D eigenvalue weighted by atomic mass is 9.84. The van der Waals surface area contributed by atoms with Crippen LogP contribution in [0.5, 0.6) is 11.5 Å². The first kappa shape index (κ1) is 35.4. The fraction of sp³-hybridized carbons (Fsp3) is 0.514. The lowest BCUT2D eigenvalue weighted by Crippen LogP contribution is -2.35. The number of carbonyl (C=O) groups excluding carboxylic acids is 4. The molecule has 11 nitrogen and oxygen atoms in total. The molecule has 4 rings (SSSR count). The van der Waals surface area contributed by atoms with Crippen LogP contribution in [-0.4, -0.2) is 80.7 Å². The van der Waals surface area contributed by atoms with Crippen molar-refractivity contribution in [2.45, 2.75) is 72.3 Å². The molecule has 2 aromatic carbocycles. The maximum absolute atomic E-state index is 15.7. The molecule has 0 aliphatic carbocycles. The van der Waals surface area contributed by atoms with Gasteiger partial charge in [0.2, 0.25) is 0 Å². The van der Waals surface area contributed by atoms with Crippen LogP contribution in [0, 0.1) is 11.2 Å². The Balaban J connectivity index is 1.66. The Hall–Kier alpha value is -4.48. The summed E-state index contributed by atoms with van der Waals surface area (Å²) in [6.07, 6.45) is 1.41. The molecule has 0 radical (unpaired) electrons. The lowest BCUT2D eigenvalue weighted by Gasteiger charge is -2.33. The smallest absolute Gasteiger partial charge is 0.305 e. The summed E-state index contributed by atoms with van der Waals surface area (Å²) in [5.74, 6) is -1.30. The minimum Gasteiger partial charge on any atom is -0.491 e. The molecule has 1 saturated heterocycles. The van der Waals surface area contributed by atoms with E-state index in [1.54, 1.807) is 26.0 Å². The molecule has 1 fully saturated rings. The number of ketones is 2. The number of rotatable bonds is 13. The van der Waals surface area contributed by atoms with Crippen molar-refractivity contribution in [1.29, 1.82) is 5.41 Å². The first-order chi connectivity index (χ1) is 22.3. The number of hydrogen-bond donors (Lipinski definition) is 2. The Morgan fingerprint density at radius 1 is 1.02 bits per heavy atom. The van der Waals surface area contributed by atoms with Crippen molar-refractivity contribution in [3.63, 3.8) is 0 Å². The van der Waals surface area contributed by atoms with E-state index in [-0.39, 0.29) is 78.5 Å². The standard InChI is InChI=1S/C35H45FN4O7/c1-7-45-29(43)10-9-15-47-32-26(35(3,4)5)16-21(17-27(32)39-13-11-22(41)12-14-39)28(42)20-40-19-25-23(33(40)37)18-24(34(44)38-6)31(30(25)36)46-8-2/h16-18,37H,7-15,19-20H2,1-6H3,(H,38,44). The Morgan fingerprint density at radius 3 is 2.34 bits per heavy atom. The van der Waals surface area contributed by atoms with Crippen LogP contribution in [0.25, 0.3) is 0 Å². The number of anilines is 1. The number of amides is 1. The van der Waals surface area contributed by atoms with Crippen LogP contribution in [0.4, 0.5) is 10.1 Å². The van der Waals surface area contributed by atoms with Crippen LogP contribution in [0.3, 0.4) is 0 Å². The number of piperidine rings is 1. The second kappa shape index (κ2) is 15.0. The summed E-state index contributed by atoms with van der Waals surface area (Å²) in [4.78, 5) is 54.0. The molecular weight excluding hydrogens is 607 g/mol. The van der Waals surface area contributed by atoms with E-state index >= 15 is 4.39 Å². The molecule has 12 heteroatoms. The highest BCUT2D eigenvalue weighted by molar-refractivity contribution is 6.08. The molecule has 0 unspecified atom stereocenters. The van der Waals surface area contributed by atoms with Crippen molar-refractivity contribution in [2.24, 2.45) is 0 Å². The first-order valence-electron chi connectivity index (χ1n) is 16.1. The molecule has 254 valence electrons. The van der Waals surface area contributed by atoms with Gasteiger partial charge in [-0.3, -0.25) is 24.6 Å². The fourth-order valence-electron chi connectivity index (χ4n) is 5.80. The van der Waals surface area contributed by atoms with Crippen LogP contribution in [0.2, 0.25) is 0 Å². The summed E-state index contributed by atoms with van der Waals surface area (Å²) in [5, 5.41) is 11.3. The molecule has 2 heterocycles. The number of carbonyl (C=O) groups is 4. The Labute approximate surface area is 275 Å². The highest BCUT2D eigenvalue weighted by atomic mass is 19.1. The molecule has 2 aliphatic rings. The van der Waals surface area contributed by atoms with Gasteiger partial charge in [-0.05, 0) is 43.9 Å². The number of halogens is 1. The average molecular weight is 653 g/mol. The quantitative estimate of drug-likeness (QED) is 0.178. The Morgan fingerprint density at radius 2 is 1.72 bits per heavy atom. The van der Waals surface area contributed by atoms with Crippen molar-refractivity contribution in [3.8, 4) is 11.5 Å². The van der Waals surface area contributed by atoms with E-state index in [4.69, 9.17) is 19.6 Å². The molecule has 2 aromatic rings. The molecule has 2 aliphatic heterocycles. The van der Waals surface area contributed by atoms with Gasteiger partial charge in [0.05, 0.1) is 37.6 Å². The zero-order valence-electron chi connectivity index (χ0n) is 28.1. The summed E-state index contributed by atoms with van der Waals surface area (Å²) in [6.45, 7) is 10.9. The molecule has 0 saturated carbocycles. The van der Waals surface area contributed by atoms with E-state index in [2.05, 4.69) is 5.32 Å². The predicted molar refractivity (Wildman–Crippen MR) is 175 cm³/mol. The predicted octanol–water partition coefficient (Wildman–Crippen LogP) is 4.80. The number of Topliss-reactive ketones (excluding diaryl/α,β-unsaturated/α-hetero) is 2. The minimum absolute atomic E-state index is 0.0131. The van der Waals surface area contributed by atoms with Gasteiger partial charge in [-0.1, -0.05) is 20.8 Å². The number of fused-ring (bicyclic) bond motifs is 1.